The molecule has 123 heavy (non-hydrogen) atoms. The maximum Gasteiger partial charge on any atom is 0.0737 e. The van der Waals surface area contributed by atoms with Crippen molar-refractivity contribution in [2.75, 3.05) is 0 Å². The molecule has 0 unspecified atom stereocenters. The fraction of sp³-hybridized carbons (Fsp3) is 0.0252. The molecule has 37 aromatic rings. The number of nitrogens with zero attached hydrogens (tertiary/aromatic N) is 2. The lowest BCUT2D eigenvalue weighted by Gasteiger charge is -2.32. The van der Waals surface area contributed by atoms with Crippen molar-refractivity contribution in [2.45, 2.75) is 16.2 Å². The Bertz CT molecular complexity index is 11000. The lowest BCUT2D eigenvalue weighted by molar-refractivity contribution is 0.710. The third-order valence-electron chi connectivity index (χ3n) is 36.5. The van der Waals surface area contributed by atoms with Crippen LogP contribution in [0.5, 0.6) is 0 Å². The molecule has 5 aliphatic carbocycles. The van der Waals surface area contributed by atoms with Gasteiger partial charge in [-0.25, -0.2) is 9.97 Å². The molecular weight excluding hydrogens is 1490 g/mol. The van der Waals surface area contributed by atoms with Crippen LogP contribution in [0, 0.1) is 0 Å². The van der Waals surface area contributed by atoms with Crippen molar-refractivity contribution >= 4 is 349 Å². The van der Waals surface area contributed by atoms with E-state index < -0.39 is 16.2 Å². The summed E-state index contributed by atoms with van der Waals surface area (Å²) in [5.74, 6) is 0. The first-order valence-corrected chi connectivity index (χ1v) is 44.2. The Balaban J connectivity index is 0.631. The first-order valence-electron chi connectivity index (χ1n) is 44.2. The summed E-state index contributed by atoms with van der Waals surface area (Å²) in [6.45, 7) is 0. The van der Waals surface area contributed by atoms with Crippen LogP contribution < -0.4 is 0 Å². The number of fused-ring (bicyclic) bond motifs is 8. The Morgan fingerprint density at radius 3 is 0.715 bits per heavy atom. The minimum atomic E-state index is -0.584. The predicted octanol–water partition coefficient (Wildman–Crippen LogP) is 31.1. The molecule has 0 saturated heterocycles. The van der Waals surface area contributed by atoms with E-state index in [0.717, 1.165) is 100 Å². The van der Waals surface area contributed by atoms with Crippen molar-refractivity contribution < 1.29 is 0 Å². The van der Waals surface area contributed by atoms with Crippen LogP contribution in [0.2, 0.25) is 0 Å². The quantitative estimate of drug-likeness (QED) is 0.149. The van der Waals surface area contributed by atoms with Gasteiger partial charge in [-0.15, -0.1) is 0 Å². The van der Waals surface area contributed by atoms with Gasteiger partial charge in [0.05, 0.1) is 44.5 Å². The van der Waals surface area contributed by atoms with Gasteiger partial charge >= 0.3 is 0 Å². The Labute approximate surface area is 686 Å². The van der Waals surface area contributed by atoms with E-state index in [1.54, 1.807) is 313 Å². The highest BCUT2D eigenvalue weighted by Crippen LogP contribution is 2.97. The van der Waals surface area contributed by atoms with Crippen LogP contribution in [-0.4, -0.2) is 19.9 Å². The summed E-state index contributed by atoms with van der Waals surface area (Å²) in [7, 11) is 0. The Hall–Kier alpha value is -15.9. The number of H-pyrrole nitrogens is 2. The molecule has 536 valence electrons. The van der Waals surface area contributed by atoms with Gasteiger partial charge in [0.25, 0.3) is 0 Å². The summed E-state index contributed by atoms with van der Waals surface area (Å²) < 4.78 is 0. The molecule has 1 fully saturated rings. The van der Waals surface area contributed by atoms with Crippen LogP contribution >= 0.6 is 0 Å². The highest BCUT2D eigenvalue weighted by molar-refractivity contribution is 6.82. The van der Waals surface area contributed by atoms with Crippen LogP contribution in [0.4, 0.5) is 0 Å². The molecule has 7 aliphatic rings. The summed E-state index contributed by atoms with van der Waals surface area (Å²) in [6.07, 6.45) is 13.7. The molecule has 4 nitrogen and oxygen atoms in total. The van der Waals surface area contributed by atoms with Crippen molar-refractivity contribution in [3.63, 3.8) is 0 Å². The maximum absolute atomic E-state index is 5.82. The topological polar surface area (TPSA) is 57.4 Å². The average molecular weight is 1530 g/mol. The van der Waals surface area contributed by atoms with Gasteiger partial charge in [-0.05, 0) is 395 Å². The molecule has 2 spiro atoms. The minimum Gasteiger partial charge on any atom is -0.354 e. The molecule has 1 saturated carbocycles. The van der Waals surface area contributed by atoms with E-state index in [4.69, 9.17) is 9.97 Å². The molecule has 44 rings (SSSR count). The van der Waals surface area contributed by atoms with Crippen LogP contribution in [0.25, 0.3) is 394 Å². The van der Waals surface area contributed by atoms with E-state index in [1.807, 2.05) is 0 Å². The Kier molecular flexibility index (Phi) is 6.69. The third kappa shape index (κ3) is 4.14. The largest absolute Gasteiger partial charge is 0.354 e. The number of aromatic nitrogens is 4. The van der Waals surface area contributed by atoms with E-state index in [1.165, 1.54) is 11.1 Å². The van der Waals surface area contributed by atoms with Crippen LogP contribution in [0.1, 0.15) is 67.3 Å². The smallest absolute Gasteiger partial charge is 0.0737 e. The fourth-order valence-electron chi connectivity index (χ4n) is 34.4. The first kappa shape index (κ1) is 54.2. The lowest BCUT2D eigenvalue weighted by atomic mass is 9.68. The van der Waals surface area contributed by atoms with Crippen LogP contribution in [0.15, 0.2) is 194 Å². The fourth-order valence-corrected chi connectivity index (χ4v) is 34.4. The number of nitrogens with one attached hydrogen (secondary N) is 2. The van der Waals surface area contributed by atoms with Gasteiger partial charge in [-0.3, -0.25) is 0 Å². The summed E-state index contributed by atoms with van der Waals surface area (Å²) >= 11 is 0. The SMILES string of the molecule is C1=Cc2nc1c(-c1ccccc1)c1ccc([nH]1)c(-c1ccccc1)c1nc(c(-c3ccccc3)c3[nH]c(cc3/C=C/c3ccc(C4(c5ccccc5)C56c7c8c9c%10c%11c%12c(c%13c%14c5c5c7c7c%15c8c8c9c9c%11c%11c%16c%12c%12c%13c%13c%14c%14c5c5c7c7c%15c%15c8c8c9c%11c9c%11c%16c%12c%12c%13c%13c%14c5c5c7c7c%15c8c9c8c%11c%12c%13c5c78)C%1046)cc3)c2-c2ccccc2)C=C1. The molecule has 34 aromatic carbocycles. The van der Waals surface area contributed by atoms with Gasteiger partial charge < -0.3 is 9.97 Å². The molecule has 5 heterocycles. The highest BCUT2D eigenvalue weighted by Gasteiger charge is 2.95. The van der Waals surface area contributed by atoms with Crippen LogP contribution in [0.3, 0.4) is 0 Å². The number of aromatic amines is 2. The molecule has 0 amide bonds. The van der Waals surface area contributed by atoms with Gasteiger partial charge in [0, 0.05) is 44.4 Å². The lowest BCUT2D eigenvalue weighted by Crippen LogP contribution is -2.27. The van der Waals surface area contributed by atoms with E-state index in [2.05, 4.69) is 241 Å². The summed E-state index contributed by atoms with van der Waals surface area (Å²) in [5.41, 5.74) is 26.2. The second kappa shape index (κ2) is 15.2. The zero-order chi connectivity index (χ0) is 76.2. The maximum atomic E-state index is 5.82. The second-order valence-corrected chi connectivity index (χ2v) is 39.5. The van der Waals surface area contributed by atoms with E-state index in [-0.39, 0.29) is 0 Å². The highest BCUT2D eigenvalue weighted by atomic mass is 14.9. The Morgan fingerprint density at radius 2 is 0.431 bits per heavy atom. The van der Waals surface area contributed by atoms with E-state index >= 15 is 0 Å². The molecule has 0 radical (unpaired) electrons. The van der Waals surface area contributed by atoms with Crippen LogP contribution in [-0.2, 0) is 16.2 Å². The van der Waals surface area contributed by atoms with Gasteiger partial charge in [0.2, 0.25) is 0 Å². The molecule has 2 aliphatic heterocycles. The van der Waals surface area contributed by atoms with E-state index in [9.17, 15) is 0 Å². The Morgan fingerprint density at radius 1 is 0.195 bits per heavy atom. The van der Waals surface area contributed by atoms with Crippen molar-refractivity contribution in [1.29, 1.82) is 0 Å². The second-order valence-electron chi connectivity index (χ2n) is 39.5. The third-order valence-corrected chi connectivity index (χ3v) is 36.5. The summed E-state index contributed by atoms with van der Waals surface area (Å²) in [6, 6.07) is 73.1. The molecule has 0 atom stereocenters. The van der Waals surface area contributed by atoms with Crippen molar-refractivity contribution in [3.8, 4) is 44.5 Å². The van der Waals surface area contributed by atoms with E-state index in [0.29, 0.717) is 0 Å². The predicted molar refractivity (Wildman–Crippen MR) is 517 cm³/mol. The molecule has 3 aromatic heterocycles. The summed E-state index contributed by atoms with van der Waals surface area (Å²) in [4.78, 5) is 19.8. The van der Waals surface area contributed by atoms with Gasteiger partial charge in [0.1, 0.15) is 0 Å². The summed E-state index contributed by atoms with van der Waals surface area (Å²) in [5, 5.41) is 87.9. The zero-order valence-electron chi connectivity index (χ0n) is 64.3. The monoisotopic (exact) mass is 1520 g/mol. The number of hydrogen-bond donors (Lipinski definition) is 2. The standard InChI is InChI=1S/C119H40N4/c1-6-16-40(17-7-1)54-47-32-33-48(120-47)55(41-18-8-2-9-19-41)50-36-37-52(122-50)57(43-22-12-4-13-23-43)116-44(38-53(123-116)56(42-20-10-3-11-21-42)51-35-34-49(54)121-51)29-26-39-27-30-46(31-28-39)117(45-24-14-5-15-25-45)118-112-104-96-86-76-68-60-58-59-62-66-64(60)72-80-74(66)84-78-70(62)71-63(59)67-65-61(58)69(68)77-83-73(65)81-75(67)85-79(71)89-88(78)98-92(84)102-94(80)100(90(96)82(72)76)108(112)110(102)114-106(98)107-99(89)93(85)103-95(81)101-91(83)97(87(77)86)105(104)113(118)109(101)111(103)115(107)119(114,117)118/h1-38,120,123H/b29-26+,54-47?,54-49?,55-48?,55-50?,56-51?,56-53?,57-52?,116-57?. The van der Waals surface area contributed by atoms with Gasteiger partial charge in [-0.2, -0.15) is 0 Å². The number of benzene rings is 24. The van der Waals surface area contributed by atoms with Gasteiger partial charge in [-0.1, -0.05) is 188 Å². The van der Waals surface area contributed by atoms with Crippen molar-refractivity contribution in [3.05, 3.63) is 261 Å². The minimum absolute atomic E-state index is 0.508. The van der Waals surface area contributed by atoms with Crippen molar-refractivity contribution in [2.24, 2.45) is 0 Å². The normalized spacial score (nSPS) is 19.2. The van der Waals surface area contributed by atoms with Crippen molar-refractivity contribution in [1.82, 2.24) is 19.9 Å². The molecular formula is C119H40N4. The average Bonchev–Trinajstić information content (AvgIpc) is 1.35. The van der Waals surface area contributed by atoms with Gasteiger partial charge in [0.15, 0.2) is 0 Å². The number of hydrogen-bond acceptors (Lipinski definition) is 2. The molecule has 4 heteroatoms. The first-order chi connectivity index (χ1) is 61.2. The number of rotatable bonds is 8. The zero-order valence-corrected chi connectivity index (χ0v) is 64.3. The molecule has 2 N–H and O–H groups in total. The molecule has 8 bridgehead atoms.